The minimum atomic E-state index is -0.203. The first-order valence-corrected chi connectivity index (χ1v) is 6.23. The van der Waals surface area contributed by atoms with Crippen LogP contribution in [0, 0.1) is 0 Å². The fraction of sp³-hybridized carbons (Fsp3) is 0.0667. The minimum absolute atomic E-state index is 0.138. The normalized spacial score (nSPS) is 10.6. The second-order valence-electron chi connectivity index (χ2n) is 4.43. The molecule has 3 aromatic rings. The number of phenolic OH excluding ortho intramolecular Hbond substituents is 1. The highest BCUT2D eigenvalue weighted by Crippen LogP contribution is 2.11. The maximum Gasteiger partial charge on any atom is 0.251 e. The van der Waals surface area contributed by atoms with E-state index in [4.69, 9.17) is 0 Å². The lowest BCUT2D eigenvalue weighted by molar-refractivity contribution is 0.0950. The van der Waals surface area contributed by atoms with Crippen LogP contribution in [0.5, 0.6) is 5.75 Å². The summed E-state index contributed by atoms with van der Waals surface area (Å²) in [6.45, 7) is 0.328. The highest BCUT2D eigenvalue weighted by atomic mass is 16.3. The second kappa shape index (κ2) is 5.05. The van der Waals surface area contributed by atoms with E-state index in [1.54, 1.807) is 12.1 Å². The standard InChI is InChI=1S/C15H13N3O2/c19-11-7-5-10(6-8-11)15(20)16-9-14-17-12-3-1-2-4-13(12)18-14/h1-8,19H,9H2,(H,16,20)(H,17,18). The number of fused-ring (bicyclic) bond motifs is 1. The molecule has 5 heteroatoms. The molecule has 3 rings (SSSR count). The van der Waals surface area contributed by atoms with Crippen molar-refractivity contribution >= 4 is 16.9 Å². The van der Waals surface area contributed by atoms with Gasteiger partial charge in [0.05, 0.1) is 17.6 Å². The number of aromatic amines is 1. The Balaban J connectivity index is 1.69. The van der Waals surface area contributed by atoms with Crippen LogP contribution in [0.25, 0.3) is 11.0 Å². The van der Waals surface area contributed by atoms with Gasteiger partial charge in [-0.2, -0.15) is 0 Å². The number of imidazole rings is 1. The summed E-state index contributed by atoms with van der Waals surface area (Å²) >= 11 is 0. The number of amides is 1. The van der Waals surface area contributed by atoms with E-state index in [-0.39, 0.29) is 11.7 Å². The van der Waals surface area contributed by atoms with Crippen LogP contribution in [0.3, 0.4) is 0 Å². The molecule has 0 saturated carbocycles. The number of aromatic hydroxyl groups is 1. The summed E-state index contributed by atoms with van der Waals surface area (Å²) in [4.78, 5) is 19.4. The topological polar surface area (TPSA) is 78.0 Å². The summed E-state index contributed by atoms with van der Waals surface area (Å²) in [5, 5.41) is 12.0. The number of H-pyrrole nitrogens is 1. The zero-order chi connectivity index (χ0) is 13.9. The number of para-hydroxylation sites is 2. The van der Waals surface area contributed by atoms with Crippen LogP contribution >= 0.6 is 0 Å². The molecule has 1 amide bonds. The Labute approximate surface area is 115 Å². The molecule has 0 aliphatic heterocycles. The van der Waals surface area contributed by atoms with Gasteiger partial charge in [-0.1, -0.05) is 12.1 Å². The maximum absolute atomic E-state index is 11.9. The Morgan fingerprint density at radius 1 is 1.15 bits per heavy atom. The molecule has 0 bridgehead atoms. The Morgan fingerprint density at radius 2 is 1.90 bits per heavy atom. The molecule has 5 nitrogen and oxygen atoms in total. The molecule has 0 spiro atoms. The molecular formula is C15H13N3O2. The predicted octanol–water partition coefficient (Wildman–Crippen LogP) is 2.20. The molecule has 1 heterocycles. The summed E-state index contributed by atoms with van der Waals surface area (Å²) < 4.78 is 0. The molecule has 0 atom stereocenters. The predicted molar refractivity (Wildman–Crippen MR) is 75.4 cm³/mol. The maximum atomic E-state index is 11.9. The Morgan fingerprint density at radius 3 is 2.65 bits per heavy atom. The molecule has 1 aromatic heterocycles. The van der Waals surface area contributed by atoms with Gasteiger partial charge in [-0.25, -0.2) is 4.98 Å². The number of nitrogens with zero attached hydrogens (tertiary/aromatic N) is 1. The zero-order valence-corrected chi connectivity index (χ0v) is 10.6. The monoisotopic (exact) mass is 267 g/mol. The summed E-state index contributed by atoms with van der Waals surface area (Å²) in [5.74, 6) is 0.641. The summed E-state index contributed by atoms with van der Waals surface area (Å²) in [5.41, 5.74) is 2.32. The largest absolute Gasteiger partial charge is 0.508 e. The van der Waals surface area contributed by atoms with Crippen molar-refractivity contribution < 1.29 is 9.90 Å². The van der Waals surface area contributed by atoms with Crippen molar-refractivity contribution in [2.24, 2.45) is 0 Å². The van der Waals surface area contributed by atoms with Crippen molar-refractivity contribution in [1.29, 1.82) is 0 Å². The van der Waals surface area contributed by atoms with Gasteiger partial charge in [0.2, 0.25) is 0 Å². The lowest BCUT2D eigenvalue weighted by Crippen LogP contribution is -2.23. The van der Waals surface area contributed by atoms with Gasteiger partial charge in [-0.3, -0.25) is 4.79 Å². The number of aromatic nitrogens is 2. The fourth-order valence-electron chi connectivity index (χ4n) is 1.97. The van der Waals surface area contributed by atoms with E-state index < -0.39 is 0 Å². The van der Waals surface area contributed by atoms with E-state index in [0.29, 0.717) is 17.9 Å². The summed E-state index contributed by atoms with van der Waals surface area (Å²) in [6, 6.07) is 13.8. The van der Waals surface area contributed by atoms with Crippen LogP contribution in [0.1, 0.15) is 16.2 Å². The summed E-state index contributed by atoms with van der Waals surface area (Å²) in [6.07, 6.45) is 0. The molecular weight excluding hydrogens is 254 g/mol. The first-order valence-electron chi connectivity index (χ1n) is 6.23. The smallest absolute Gasteiger partial charge is 0.251 e. The number of hydrogen-bond acceptors (Lipinski definition) is 3. The van der Waals surface area contributed by atoms with Crippen molar-refractivity contribution in [3.63, 3.8) is 0 Å². The van der Waals surface area contributed by atoms with Gasteiger partial charge in [0.25, 0.3) is 5.91 Å². The van der Waals surface area contributed by atoms with Crippen LogP contribution in [0.2, 0.25) is 0 Å². The van der Waals surface area contributed by atoms with Crippen LogP contribution in [-0.4, -0.2) is 21.0 Å². The number of nitrogens with one attached hydrogen (secondary N) is 2. The number of carbonyl (C=O) groups is 1. The van der Waals surface area contributed by atoms with Gasteiger partial charge in [0, 0.05) is 5.56 Å². The molecule has 3 N–H and O–H groups in total. The quantitative estimate of drug-likeness (QED) is 0.680. The minimum Gasteiger partial charge on any atom is -0.508 e. The number of benzene rings is 2. The average Bonchev–Trinajstić information content (AvgIpc) is 2.88. The lowest BCUT2D eigenvalue weighted by Gasteiger charge is -2.03. The van der Waals surface area contributed by atoms with Crippen molar-refractivity contribution in [1.82, 2.24) is 15.3 Å². The first-order chi connectivity index (χ1) is 9.72. The van der Waals surface area contributed by atoms with E-state index in [1.165, 1.54) is 12.1 Å². The highest BCUT2D eigenvalue weighted by Gasteiger charge is 2.07. The SMILES string of the molecule is O=C(NCc1nc2ccccc2[nH]1)c1ccc(O)cc1. The first kappa shape index (κ1) is 12.2. The molecule has 0 saturated heterocycles. The van der Waals surface area contributed by atoms with Crippen molar-refractivity contribution in [3.05, 3.63) is 59.9 Å². The molecule has 0 radical (unpaired) electrons. The van der Waals surface area contributed by atoms with Gasteiger partial charge in [0.1, 0.15) is 11.6 Å². The van der Waals surface area contributed by atoms with Crippen molar-refractivity contribution in [2.75, 3.05) is 0 Å². The van der Waals surface area contributed by atoms with Gasteiger partial charge in [-0.15, -0.1) is 0 Å². The third kappa shape index (κ3) is 2.47. The lowest BCUT2D eigenvalue weighted by atomic mass is 10.2. The fourth-order valence-corrected chi connectivity index (χ4v) is 1.97. The molecule has 20 heavy (non-hydrogen) atoms. The van der Waals surface area contributed by atoms with Gasteiger partial charge in [-0.05, 0) is 36.4 Å². The second-order valence-corrected chi connectivity index (χ2v) is 4.43. The van der Waals surface area contributed by atoms with Gasteiger partial charge < -0.3 is 15.4 Å². The Kier molecular flexibility index (Phi) is 3.09. The van der Waals surface area contributed by atoms with Crippen molar-refractivity contribution in [3.8, 4) is 5.75 Å². The summed E-state index contributed by atoms with van der Waals surface area (Å²) in [7, 11) is 0. The number of carbonyl (C=O) groups excluding carboxylic acids is 1. The van der Waals surface area contributed by atoms with Crippen molar-refractivity contribution in [2.45, 2.75) is 6.54 Å². The van der Waals surface area contributed by atoms with Gasteiger partial charge in [0.15, 0.2) is 0 Å². The van der Waals surface area contributed by atoms with Crippen LogP contribution < -0.4 is 5.32 Å². The van der Waals surface area contributed by atoms with E-state index in [2.05, 4.69) is 15.3 Å². The van der Waals surface area contributed by atoms with E-state index in [0.717, 1.165) is 11.0 Å². The zero-order valence-electron chi connectivity index (χ0n) is 10.6. The molecule has 0 aliphatic carbocycles. The highest BCUT2D eigenvalue weighted by molar-refractivity contribution is 5.94. The number of phenols is 1. The van der Waals surface area contributed by atoms with E-state index >= 15 is 0 Å². The van der Waals surface area contributed by atoms with Crippen LogP contribution in [0.4, 0.5) is 0 Å². The van der Waals surface area contributed by atoms with Gasteiger partial charge >= 0.3 is 0 Å². The molecule has 0 unspecified atom stereocenters. The Bertz CT molecular complexity index is 714. The number of hydrogen-bond donors (Lipinski definition) is 3. The van der Waals surface area contributed by atoms with Crippen LogP contribution in [0.15, 0.2) is 48.5 Å². The Hall–Kier alpha value is -2.82. The average molecular weight is 267 g/mol. The van der Waals surface area contributed by atoms with E-state index in [1.807, 2.05) is 24.3 Å². The molecule has 0 aliphatic rings. The van der Waals surface area contributed by atoms with Crippen LogP contribution in [-0.2, 0) is 6.54 Å². The molecule has 100 valence electrons. The van der Waals surface area contributed by atoms with E-state index in [9.17, 15) is 9.90 Å². The third-order valence-corrected chi connectivity index (χ3v) is 2.98. The molecule has 0 fully saturated rings. The molecule has 2 aromatic carbocycles. The number of rotatable bonds is 3. The third-order valence-electron chi connectivity index (χ3n) is 2.98.